The van der Waals surface area contributed by atoms with E-state index in [1.54, 1.807) is 0 Å². The summed E-state index contributed by atoms with van der Waals surface area (Å²) in [7, 11) is 0. The van der Waals surface area contributed by atoms with E-state index in [1.165, 1.54) is 32.1 Å². The second-order valence-electron chi connectivity index (χ2n) is 4.39. The van der Waals surface area contributed by atoms with Crippen LogP contribution in [0, 0.1) is 11.3 Å². The number of halogens is 1. The van der Waals surface area contributed by atoms with Crippen molar-refractivity contribution in [3.8, 4) is 0 Å². The highest BCUT2D eigenvalue weighted by molar-refractivity contribution is 6.18. The predicted molar refractivity (Wildman–Crippen MR) is 50.5 cm³/mol. The van der Waals surface area contributed by atoms with Crippen molar-refractivity contribution in [2.24, 2.45) is 11.3 Å². The van der Waals surface area contributed by atoms with Crippen LogP contribution in [-0.2, 0) is 4.74 Å². The summed E-state index contributed by atoms with van der Waals surface area (Å²) < 4.78 is 5.34. The average molecular weight is 189 g/mol. The van der Waals surface area contributed by atoms with Gasteiger partial charge in [-0.2, -0.15) is 0 Å². The van der Waals surface area contributed by atoms with Crippen molar-refractivity contribution >= 4 is 11.6 Å². The number of hydrogen-bond donors (Lipinski definition) is 0. The predicted octanol–water partition coefficient (Wildman–Crippen LogP) is 2.82. The molecule has 2 rings (SSSR count). The third kappa shape index (κ3) is 1.94. The summed E-state index contributed by atoms with van der Waals surface area (Å²) >= 11 is 5.94. The highest BCUT2D eigenvalue weighted by Gasteiger charge is 2.43. The second-order valence-corrected chi connectivity index (χ2v) is 4.66. The van der Waals surface area contributed by atoms with Gasteiger partial charge >= 0.3 is 0 Å². The number of hydrogen-bond acceptors (Lipinski definition) is 1. The number of alkyl halides is 1. The maximum Gasteiger partial charge on any atom is 0.0468 e. The molecule has 0 aromatic heterocycles. The van der Waals surface area contributed by atoms with Crippen LogP contribution in [0.3, 0.4) is 0 Å². The summed E-state index contributed by atoms with van der Waals surface area (Å²) in [4.78, 5) is 0. The zero-order chi connectivity index (χ0) is 8.44. The number of rotatable bonds is 3. The van der Waals surface area contributed by atoms with E-state index >= 15 is 0 Å². The lowest BCUT2D eigenvalue weighted by atomic mass is 9.88. The van der Waals surface area contributed by atoms with Crippen LogP contribution in [-0.4, -0.2) is 19.1 Å². The zero-order valence-electron chi connectivity index (χ0n) is 7.52. The zero-order valence-corrected chi connectivity index (χ0v) is 8.28. The van der Waals surface area contributed by atoms with E-state index < -0.39 is 0 Å². The van der Waals surface area contributed by atoms with E-state index in [0.717, 1.165) is 25.0 Å². The van der Waals surface area contributed by atoms with Crippen LogP contribution in [0.25, 0.3) is 0 Å². The Hall–Kier alpha value is 0.250. The van der Waals surface area contributed by atoms with Crippen LogP contribution < -0.4 is 0 Å². The fraction of sp³-hybridized carbons (Fsp3) is 1.00. The molecule has 0 spiro atoms. The van der Waals surface area contributed by atoms with Crippen LogP contribution in [0.2, 0.25) is 0 Å². The Morgan fingerprint density at radius 2 is 1.92 bits per heavy atom. The van der Waals surface area contributed by atoms with Gasteiger partial charge in [0, 0.05) is 19.1 Å². The molecule has 2 aliphatic rings. The molecule has 0 atom stereocenters. The molecule has 0 aromatic rings. The van der Waals surface area contributed by atoms with Gasteiger partial charge in [-0.1, -0.05) is 0 Å². The standard InChI is InChI=1S/C10H17ClO/c11-8-10(3-4-10)7-9-1-5-12-6-2-9/h9H,1-8H2. The minimum absolute atomic E-state index is 0.559. The highest BCUT2D eigenvalue weighted by atomic mass is 35.5. The van der Waals surface area contributed by atoms with Gasteiger partial charge in [-0.05, 0) is 43.4 Å². The molecular formula is C10H17ClO. The Morgan fingerprint density at radius 1 is 1.25 bits per heavy atom. The van der Waals surface area contributed by atoms with Crippen molar-refractivity contribution < 1.29 is 4.74 Å². The summed E-state index contributed by atoms with van der Waals surface area (Å²) in [6.07, 6.45) is 6.62. The summed E-state index contributed by atoms with van der Waals surface area (Å²) in [6.45, 7) is 1.95. The first-order chi connectivity index (χ1) is 5.85. The van der Waals surface area contributed by atoms with Crippen molar-refractivity contribution in [2.45, 2.75) is 32.1 Å². The summed E-state index contributed by atoms with van der Waals surface area (Å²) in [6, 6.07) is 0. The molecule has 1 saturated heterocycles. The normalized spacial score (nSPS) is 28.8. The lowest BCUT2D eigenvalue weighted by Crippen LogP contribution is -2.19. The summed E-state index contributed by atoms with van der Waals surface area (Å²) in [5, 5.41) is 0. The van der Waals surface area contributed by atoms with Gasteiger partial charge in [-0.15, -0.1) is 11.6 Å². The first-order valence-corrected chi connectivity index (χ1v) is 5.52. The van der Waals surface area contributed by atoms with Gasteiger partial charge in [-0.3, -0.25) is 0 Å². The fourth-order valence-corrected chi connectivity index (χ4v) is 2.51. The lowest BCUT2D eigenvalue weighted by Gasteiger charge is -2.25. The maximum atomic E-state index is 5.94. The first-order valence-electron chi connectivity index (χ1n) is 4.98. The Balaban J connectivity index is 1.77. The Labute approximate surface area is 79.4 Å². The van der Waals surface area contributed by atoms with Crippen molar-refractivity contribution in [3.63, 3.8) is 0 Å². The van der Waals surface area contributed by atoms with Gasteiger partial charge in [0.15, 0.2) is 0 Å². The molecule has 12 heavy (non-hydrogen) atoms. The lowest BCUT2D eigenvalue weighted by molar-refractivity contribution is 0.0582. The molecule has 1 aliphatic carbocycles. The first kappa shape index (κ1) is 8.83. The molecule has 0 unspecified atom stereocenters. The molecular weight excluding hydrogens is 172 g/mol. The van der Waals surface area contributed by atoms with Gasteiger partial charge in [0.05, 0.1) is 0 Å². The SMILES string of the molecule is ClCC1(CC2CCOCC2)CC1. The Morgan fingerprint density at radius 3 is 2.42 bits per heavy atom. The largest absolute Gasteiger partial charge is 0.381 e. The van der Waals surface area contributed by atoms with E-state index in [4.69, 9.17) is 16.3 Å². The van der Waals surface area contributed by atoms with Crippen molar-refractivity contribution in [2.75, 3.05) is 19.1 Å². The number of ether oxygens (including phenoxy) is 1. The van der Waals surface area contributed by atoms with Crippen LogP contribution in [0.5, 0.6) is 0 Å². The van der Waals surface area contributed by atoms with E-state index in [1.807, 2.05) is 0 Å². The van der Waals surface area contributed by atoms with E-state index in [9.17, 15) is 0 Å². The van der Waals surface area contributed by atoms with Crippen LogP contribution >= 0.6 is 11.6 Å². The van der Waals surface area contributed by atoms with Crippen molar-refractivity contribution in [1.29, 1.82) is 0 Å². The third-order valence-electron chi connectivity index (χ3n) is 3.30. The van der Waals surface area contributed by atoms with Crippen LogP contribution in [0.15, 0.2) is 0 Å². The van der Waals surface area contributed by atoms with Gasteiger partial charge < -0.3 is 4.74 Å². The topological polar surface area (TPSA) is 9.23 Å². The minimum Gasteiger partial charge on any atom is -0.381 e. The smallest absolute Gasteiger partial charge is 0.0468 e. The third-order valence-corrected chi connectivity index (χ3v) is 3.87. The molecule has 1 saturated carbocycles. The fourth-order valence-electron chi connectivity index (χ4n) is 2.13. The Bertz CT molecular complexity index is 148. The molecule has 0 radical (unpaired) electrons. The van der Waals surface area contributed by atoms with Crippen LogP contribution in [0.1, 0.15) is 32.1 Å². The molecule has 0 bridgehead atoms. The Kier molecular flexibility index (Phi) is 2.61. The molecule has 1 heterocycles. The van der Waals surface area contributed by atoms with Gasteiger partial charge in [0.1, 0.15) is 0 Å². The molecule has 0 amide bonds. The van der Waals surface area contributed by atoms with Gasteiger partial charge in [0.2, 0.25) is 0 Å². The second kappa shape index (κ2) is 3.55. The van der Waals surface area contributed by atoms with Crippen molar-refractivity contribution in [1.82, 2.24) is 0 Å². The van der Waals surface area contributed by atoms with E-state index in [2.05, 4.69) is 0 Å². The molecule has 0 aromatic carbocycles. The van der Waals surface area contributed by atoms with E-state index in [0.29, 0.717) is 5.41 Å². The van der Waals surface area contributed by atoms with Gasteiger partial charge in [0.25, 0.3) is 0 Å². The highest BCUT2D eigenvalue weighted by Crippen LogP contribution is 2.52. The van der Waals surface area contributed by atoms with Crippen LogP contribution in [0.4, 0.5) is 0 Å². The molecule has 70 valence electrons. The molecule has 1 nitrogen and oxygen atoms in total. The van der Waals surface area contributed by atoms with E-state index in [-0.39, 0.29) is 0 Å². The molecule has 1 aliphatic heterocycles. The summed E-state index contributed by atoms with van der Waals surface area (Å²) in [5.41, 5.74) is 0.559. The molecule has 2 fully saturated rings. The molecule has 0 N–H and O–H groups in total. The molecule has 2 heteroatoms. The average Bonchev–Trinajstić information content (AvgIpc) is 2.88. The summed E-state index contributed by atoms with van der Waals surface area (Å²) in [5.74, 6) is 1.78. The van der Waals surface area contributed by atoms with Gasteiger partial charge in [-0.25, -0.2) is 0 Å². The maximum absolute atomic E-state index is 5.94. The van der Waals surface area contributed by atoms with Crippen molar-refractivity contribution in [3.05, 3.63) is 0 Å². The monoisotopic (exact) mass is 188 g/mol. The minimum atomic E-state index is 0.559. The quantitative estimate of drug-likeness (QED) is 0.619.